The van der Waals surface area contributed by atoms with Crippen LogP contribution in [0, 0.1) is 5.92 Å². The predicted octanol–water partition coefficient (Wildman–Crippen LogP) is 1.78. The summed E-state index contributed by atoms with van der Waals surface area (Å²) in [5.74, 6) is -0.949. The molecule has 0 spiro atoms. The zero-order valence-corrected chi connectivity index (χ0v) is 13.6. The minimum absolute atomic E-state index is 0.159. The molecule has 0 bridgehead atoms. The molecular weight excluding hydrogens is 312 g/mol. The van der Waals surface area contributed by atoms with Gasteiger partial charge in [0.1, 0.15) is 11.8 Å². The number of carboxylic acids is 1. The van der Waals surface area contributed by atoms with E-state index in [1.54, 1.807) is 24.3 Å². The molecule has 1 aliphatic rings. The maximum absolute atomic E-state index is 12.5. The van der Waals surface area contributed by atoms with E-state index in [1.165, 1.54) is 6.92 Å². The van der Waals surface area contributed by atoms with E-state index in [1.807, 2.05) is 0 Å². The van der Waals surface area contributed by atoms with Crippen molar-refractivity contribution in [3.8, 4) is 5.75 Å². The number of benzene rings is 1. The molecule has 1 saturated carbocycles. The summed E-state index contributed by atoms with van der Waals surface area (Å²) in [5, 5.41) is 14.1. The Bertz CT molecular complexity index is 594. The molecule has 1 aliphatic carbocycles. The highest BCUT2D eigenvalue weighted by atomic mass is 16.5. The maximum atomic E-state index is 12.5. The van der Waals surface area contributed by atoms with Gasteiger partial charge in [-0.3, -0.25) is 9.59 Å². The molecule has 0 heterocycles. The van der Waals surface area contributed by atoms with Gasteiger partial charge in [-0.2, -0.15) is 0 Å². The van der Waals surface area contributed by atoms with Crippen molar-refractivity contribution in [3.63, 3.8) is 0 Å². The van der Waals surface area contributed by atoms with Crippen molar-refractivity contribution >= 4 is 23.5 Å². The molecule has 2 amide bonds. The number of rotatable bonds is 7. The molecular formula is C17H22N2O5. The SMILES string of the molecule is CC(=O)NC(C(=O)Nc1ccc(OCC(=O)O)cc1)C1CCCC1. The number of carbonyl (C=O) groups is 3. The van der Waals surface area contributed by atoms with Gasteiger partial charge < -0.3 is 20.5 Å². The van der Waals surface area contributed by atoms with Gasteiger partial charge in [0.25, 0.3) is 0 Å². The van der Waals surface area contributed by atoms with Crippen LogP contribution in [0.25, 0.3) is 0 Å². The quantitative estimate of drug-likeness (QED) is 0.705. The molecule has 0 aliphatic heterocycles. The summed E-state index contributed by atoms with van der Waals surface area (Å²) in [4.78, 5) is 34.3. The van der Waals surface area contributed by atoms with E-state index in [9.17, 15) is 14.4 Å². The lowest BCUT2D eigenvalue weighted by Crippen LogP contribution is -2.47. The number of anilines is 1. The van der Waals surface area contributed by atoms with Crippen LogP contribution in [-0.2, 0) is 14.4 Å². The molecule has 1 aromatic carbocycles. The lowest BCUT2D eigenvalue weighted by molar-refractivity contribution is -0.139. The highest BCUT2D eigenvalue weighted by molar-refractivity contribution is 5.97. The standard InChI is InChI=1S/C17H22N2O5/c1-11(20)18-16(12-4-2-3-5-12)17(23)19-13-6-8-14(9-7-13)24-10-15(21)22/h6-9,12,16H,2-5,10H2,1H3,(H,18,20)(H,19,23)(H,21,22). The summed E-state index contributed by atoms with van der Waals surface area (Å²) in [6.45, 7) is 0.988. The van der Waals surface area contributed by atoms with Gasteiger partial charge in [0, 0.05) is 12.6 Å². The maximum Gasteiger partial charge on any atom is 0.341 e. The molecule has 130 valence electrons. The minimum atomic E-state index is -1.05. The van der Waals surface area contributed by atoms with Crippen molar-refractivity contribution < 1.29 is 24.2 Å². The first-order valence-corrected chi connectivity index (χ1v) is 7.98. The number of nitrogens with one attached hydrogen (secondary N) is 2. The van der Waals surface area contributed by atoms with Crippen molar-refractivity contribution in [2.24, 2.45) is 5.92 Å². The van der Waals surface area contributed by atoms with E-state index in [0.717, 1.165) is 25.7 Å². The van der Waals surface area contributed by atoms with E-state index >= 15 is 0 Å². The van der Waals surface area contributed by atoms with E-state index in [2.05, 4.69) is 10.6 Å². The topological polar surface area (TPSA) is 105 Å². The first kappa shape index (κ1) is 17.8. The third-order valence-corrected chi connectivity index (χ3v) is 4.00. The molecule has 0 radical (unpaired) electrons. The second kappa shape index (κ2) is 8.33. The molecule has 1 unspecified atom stereocenters. The lowest BCUT2D eigenvalue weighted by Gasteiger charge is -2.23. The largest absolute Gasteiger partial charge is 0.482 e. The summed E-state index contributed by atoms with van der Waals surface area (Å²) in [7, 11) is 0. The first-order valence-electron chi connectivity index (χ1n) is 7.98. The number of hydrogen-bond donors (Lipinski definition) is 3. The van der Waals surface area contributed by atoms with Gasteiger partial charge in [-0.1, -0.05) is 12.8 Å². The number of ether oxygens (including phenoxy) is 1. The molecule has 1 atom stereocenters. The summed E-state index contributed by atoms with van der Waals surface area (Å²) in [6.07, 6.45) is 4.01. The second-order valence-corrected chi connectivity index (χ2v) is 5.92. The Hall–Kier alpha value is -2.57. The predicted molar refractivity (Wildman–Crippen MR) is 87.8 cm³/mol. The minimum Gasteiger partial charge on any atom is -0.482 e. The Morgan fingerprint density at radius 1 is 1.21 bits per heavy atom. The summed E-state index contributed by atoms with van der Waals surface area (Å²) >= 11 is 0. The second-order valence-electron chi connectivity index (χ2n) is 5.92. The van der Waals surface area contributed by atoms with Crippen LogP contribution in [-0.4, -0.2) is 35.5 Å². The molecule has 3 N–H and O–H groups in total. The average molecular weight is 334 g/mol. The number of hydrogen-bond acceptors (Lipinski definition) is 4. The highest BCUT2D eigenvalue weighted by Crippen LogP contribution is 2.28. The van der Waals surface area contributed by atoms with Crippen molar-refractivity contribution in [1.29, 1.82) is 0 Å². The number of carboxylic acid groups (broad SMARTS) is 1. The molecule has 24 heavy (non-hydrogen) atoms. The zero-order valence-electron chi connectivity index (χ0n) is 13.6. The Labute approximate surface area is 140 Å². The van der Waals surface area contributed by atoms with Gasteiger partial charge in [0.05, 0.1) is 0 Å². The Morgan fingerprint density at radius 3 is 2.38 bits per heavy atom. The molecule has 0 aromatic heterocycles. The van der Waals surface area contributed by atoms with Crippen LogP contribution in [0.3, 0.4) is 0 Å². The smallest absolute Gasteiger partial charge is 0.341 e. The molecule has 7 heteroatoms. The van der Waals surface area contributed by atoms with E-state index < -0.39 is 18.6 Å². The van der Waals surface area contributed by atoms with Crippen molar-refractivity contribution in [1.82, 2.24) is 5.32 Å². The fourth-order valence-corrected chi connectivity index (χ4v) is 2.91. The highest BCUT2D eigenvalue weighted by Gasteiger charge is 2.31. The van der Waals surface area contributed by atoms with E-state index in [0.29, 0.717) is 11.4 Å². The number of amides is 2. The van der Waals surface area contributed by atoms with Crippen LogP contribution in [0.15, 0.2) is 24.3 Å². The van der Waals surface area contributed by atoms with Crippen LogP contribution in [0.4, 0.5) is 5.69 Å². The van der Waals surface area contributed by atoms with Crippen LogP contribution >= 0.6 is 0 Å². The van der Waals surface area contributed by atoms with Gasteiger partial charge in [-0.05, 0) is 43.0 Å². The monoisotopic (exact) mass is 334 g/mol. The van der Waals surface area contributed by atoms with Gasteiger partial charge >= 0.3 is 5.97 Å². The molecule has 7 nitrogen and oxygen atoms in total. The van der Waals surface area contributed by atoms with Crippen molar-refractivity contribution in [2.45, 2.75) is 38.6 Å². The number of carbonyl (C=O) groups excluding carboxylic acids is 2. The van der Waals surface area contributed by atoms with Crippen LogP contribution in [0.5, 0.6) is 5.75 Å². The molecule has 2 rings (SSSR count). The lowest BCUT2D eigenvalue weighted by atomic mass is 9.97. The summed E-state index contributed by atoms with van der Waals surface area (Å²) < 4.78 is 5.04. The van der Waals surface area contributed by atoms with Crippen LogP contribution < -0.4 is 15.4 Å². The fraction of sp³-hybridized carbons (Fsp3) is 0.471. The molecule has 0 saturated heterocycles. The Morgan fingerprint density at radius 2 is 1.83 bits per heavy atom. The third kappa shape index (κ3) is 5.26. The molecule has 1 fully saturated rings. The zero-order chi connectivity index (χ0) is 17.5. The van der Waals surface area contributed by atoms with Crippen LogP contribution in [0.2, 0.25) is 0 Å². The first-order chi connectivity index (χ1) is 11.5. The van der Waals surface area contributed by atoms with Crippen molar-refractivity contribution in [3.05, 3.63) is 24.3 Å². The normalized spacial score (nSPS) is 15.5. The average Bonchev–Trinajstić information content (AvgIpc) is 3.05. The van der Waals surface area contributed by atoms with E-state index in [4.69, 9.17) is 9.84 Å². The summed E-state index contributed by atoms with van der Waals surface area (Å²) in [5.41, 5.74) is 0.566. The van der Waals surface area contributed by atoms with Gasteiger partial charge in [0.2, 0.25) is 11.8 Å². The van der Waals surface area contributed by atoms with Gasteiger partial charge in [-0.25, -0.2) is 4.79 Å². The summed E-state index contributed by atoms with van der Waals surface area (Å²) in [6, 6.07) is 5.90. The molecule has 1 aromatic rings. The fourth-order valence-electron chi connectivity index (χ4n) is 2.91. The third-order valence-electron chi connectivity index (χ3n) is 4.00. The van der Waals surface area contributed by atoms with Gasteiger partial charge in [-0.15, -0.1) is 0 Å². The van der Waals surface area contributed by atoms with Gasteiger partial charge in [0.15, 0.2) is 6.61 Å². The van der Waals surface area contributed by atoms with E-state index in [-0.39, 0.29) is 17.7 Å². The Kier molecular flexibility index (Phi) is 6.17. The van der Waals surface area contributed by atoms with Crippen LogP contribution in [0.1, 0.15) is 32.6 Å². The Balaban J connectivity index is 1.97. The van der Waals surface area contributed by atoms with Crippen molar-refractivity contribution in [2.75, 3.05) is 11.9 Å². The number of aliphatic carboxylic acids is 1.